The molecule has 3 heteroatoms. The predicted molar refractivity (Wildman–Crippen MR) is 80.4 cm³/mol. The Hall–Kier alpha value is -0.890. The van der Waals surface area contributed by atoms with Crippen LogP contribution in [0.25, 0.3) is 0 Å². The summed E-state index contributed by atoms with van der Waals surface area (Å²) in [5.41, 5.74) is 9.01. The molecule has 2 rings (SSSR count). The maximum absolute atomic E-state index is 6.15. The van der Waals surface area contributed by atoms with E-state index >= 15 is 0 Å². The van der Waals surface area contributed by atoms with E-state index in [1.54, 1.807) is 0 Å². The van der Waals surface area contributed by atoms with Gasteiger partial charge in [-0.2, -0.15) is 0 Å². The third kappa shape index (κ3) is 2.92. The molecule has 0 aliphatic carbocycles. The van der Waals surface area contributed by atoms with Crippen LogP contribution in [0, 0.1) is 12.8 Å². The van der Waals surface area contributed by atoms with E-state index in [-0.39, 0.29) is 0 Å². The van der Waals surface area contributed by atoms with E-state index in [0.717, 1.165) is 19.0 Å². The van der Waals surface area contributed by atoms with Gasteiger partial charge in [-0.15, -0.1) is 0 Å². The average molecular weight is 267 g/mol. The highest BCUT2D eigenvalue weighted by Gasteiger charge is 2.17. The van der Waals surface area contributed by atoms with Gasteiger partial charge in [0.05, 0.1) is 10.7 Å². The summed E-state index contributed by atoms with van der Waals surface area (Å²) >= 11 is 6.15. The number of nitrogen functional groups attached to an aromatic ring is 1. The number of anilines is 2. The summed E-state index contributed by atoms with van der Waals surface area (Å²) in [6, 6.07) is 4.01. The van der Waals surface area contributed by atoms with E-state index in [1.165, 1.54) is 36.9 Å². The number of benzene rings is 1. The summed E-state index contributed by atoms with van der Waals surface area (Å²) in [5, 5.41) is 0.673. The molecule has 0 spiro atoms. The fraction of sp³-hybridized carbons (Fsp3) is 0.600. The first-order chi connectivity index (χ1) is 8.61. The minimum absolute atomic E-state index is 0.673. The minimum Gasteiger partial charge on any atom is -0.398 e. The Balaban J connectivity index is 2.18. The highest BCUT2D eigenvalue weighted by Crippen LogP contribution is 2.31. The molecule has 0 amide bonds. The smallest absolute Gasteiger partial charge is 0.0656 e. The predicted octanol–water partition coefficient (Wildman–Crippen LogP) is 4.25. The summed E-state index contributed by atoms with van der Waals surface area (Å²) in [6.07, 6.45) is 5.22. The molecule has 1 saturated heterocycles. The van der Waals surface area contributed by atoms with Crippen molar-refractivity contribution in [1.29, 1.82) is 0 Å². The van der Waals surface area contributed by atoms with Gasteiger partial charge in [0, 0.05) is 18.8 Å². The fourth-order valence-corrected chi connectivity index (χ4v) is 3.01. The van der Waals surface area contributed by atoms with Crippen molar-refractivity contribution in [1.82, 2.24) is 0 Å². The van der Waals surface area contributed by atoms with Crippen LogP contribution in [0.4, 0.5) is 11.4 Å². The van der Waals surface area contributed by atoms with Crippen LogP contribution in [0.5, 0.6) is 0 Å². The lowest BCUT2D eigenvalue weighted by Crippen LogP contribution is -2.25. The first-order valence-electron chi connectivity index (χ1n) is 6.92. The zero-order valence-corrected chi connectivity index (χ0v) is 12.1. The number of rotatable bonds is 2. The summed E-state index contributed by atoms with van der Waals surface area (Å²) in [4.78, 5) is 2.47. The van der Waals surface area contributed by atoms with Crippen LogP contribution in [0.2, 0.25) is 5.02 Å². The zero-order valence-electron chi connectivity index (χ0n) is 11.4. The number of hydrogen-bond acceptors (Lipinski definition) is 2. The van der Waals surface area contributed by atoms with Gasteiger partial charge >= 0.3 is 0 Å². The number of hydrogen-bond donors (Lipinski definition) is 1. The van der Waals surface area contributed by atoms with Crippen LogP contribution in [-0.4, -0.2) is 13.1 Å². The number of nitrogens with zero attached hydrogens (tertiary/aromatic N) is 1. The van der Waals surface area contributed by atoms with Crippen molar-refractivity contribution in [3.8, 4) is 0 Å². The molecule has 1 aliphatic rings. The van der Waals surface area contributed by atoms with E-state index in [0.29, 0.717) is 10.7 Å². The van der Waals surface area contributed by atoms with Gasteiger partial charge in [-0.25, -0.2) is 0 Å². The molecular weight excluding hydrogens is 244 g/mol. The van der Waals surface area contributed by atoms with Crippen molar-refractivity contribution in [2.75, 3.05) is 23.7 Å². The molecule has 1 aliphatic heterocycles. The van der Waals surface area contributed by atoms with Gasteiger partial charge in [0.2, 0.25) is 0 Å². The monoisotopic (exact) mass is 266 g/mol. The Morgan fingerprint density at radius 1 is 1.33 bits per heavy atom. The van der Waals surface area contributed by atoms with Crippen LogP contribution in [0.15, 0.2) is 12.1 Å². The van der Waals surface area contributed by atoms with Crippen LogP contribution in [-0.2, 0) is 0 Å². The van der Waals surface area contributed by atoms with Crippen LogP contribution in [0.1, 0.15) is 38.2 Å². The summed E-state index contributed by atoms with van der Waals surface area (Å²) in [6.45, 7) is 6.69. The second kappa shape index (κ2) is 5.83. The van der Waals surface area contributed by atoms with Gasteiger partial charge in [-0.05, 0) is 49.8 Å². The van der Waals surface area contributed by atoms with Crippen molar-refractivity contribution in [2.24, 2.45) is 5.92 Å². The quantitative estimate of drug-likeness (QED) is 0.811. The van der Waals surface area contributed by atoms with Crippen LogP contribution < -0.4 is 10.6 Å². The number of nitrogens with two attached hydrogens (primary N) is 1. The van der Waals surface area contributed by atoms with Crippen molar-refractivity contribution in [3.63, 3.8) is 0 Å². The molecule has 1 heterocycles. The van der Waals surface area contributed by atoms with Crippen molar-refractivity contribution < 1.29 is 0 Å². The third-order valence-corrected chi connectivity index (χ3v) is 4.41. The molecule has 1 atom stereocenters. The average Bonchev–Trinajstić information content (AvgIpc) is 2.59. The van der Waals surface area contributed by atoms with Crippen LogP contribution in [0.3, 0.4) is 0 Å². The maximum Gasteiger partial charge on any atom is 0.0656 e. The summed E-state index contributed by atoms with van der Waals surface area (Å²) < 4.78 is 0. The van der Waals surface area contributed by atoms with E-state index in [1.807, 2.05) is 12.1 Å². The summed E-state index contributed by atoms with van der Waals surface area (Å²) in [7, 11) is 0. The Kier molecular flexibility index (Phi) is 4.39. The molecule has 18 heavy (non-hydrogen) atoms. The fourth-order valence-electron chi connectivity index (χ4n) is 2.85. The highest BCUT2D eigenvalue weighted by atomic mass is 35.5. The molecular formula is C15H23ClN2. The molecule has 0 radical (unpaired) electrons. The Bertz CT molecular complexity index is 417. The van der Waals surface area contributed by atoms with E-state index in [9.17, 15) is 0 Å². The van der Waals surface area contributed by atoms with Gasteiger partial charge in [0.25, 0.3) is 0 Å². The molecule has 1 aromatic carbocycles. The van der Waals surface area contributed by atoms with Crippen molar-refractivity contribution in [2.45, 2.75) is 39.5 Å². The molecule has 0 bridgehead atoms. The topological polar surface area (TPSA) is 29.3 Å². The van der Waals surface area contributed by atoms with Gasteiger partial charge in [-0.1, -0.05) is 24.9 Å². The highest BCUT2D eigenvalue weighted by molar-refractivity contribution is 6.33. The van der Waals surface area contributed by atoms with E-state index < -0.39 is 0 Å². The largest absolute Gasteiger partial charge is 0.398 e. The minimum atomic E-state index is 0.673. The number of aryl methyl sites for hydroxylation is 1. The third-order valence-electron chi connectivity index (χ3n) is 4.08. The lowest BCUT2D eigenvalue weighted by molar-refractivity contribution is 0.459. The Morgan fingerprint density at radius 2 is 2.11 bits per heavy atom. The normalized spacial score (nSPS) is 20.8. The molecule has 1 aromatic rings. The second-order valence-electron chi connectivity index (χ2n) is 5.35. The van der Waals surface area contributed by atoms with Crippen molar-refractivity contribution in [3.05, 3.63) is 22.7 Å². The summed E-state index contributed by atoms with van der Waals surface area (Å²) in [5.74, 6) is 0.888. The molecule has 0 aromatic heterocycles. The first kappa shape index (κ1) is 13.5. The molecule has 2 nitrogen and oxygen atoms in total. The second-order valence-corrected chi connectivity index (χ2v) is 5.76. The van der Waals surface area contributed by atoms with E-state index in [2.05, 4.69) is 18.7 Å². The van der Waals surface area contributed by atoms with E-state index in [4.69, 9.17) is 17.3 Å². The van der Waals surface area contributed by atoms with Gasteiger partial charge in [0.1, 0.15) is 0 Å². The lowest BCUT2D eigenvalue weighted by Gasteiger charge is -2.25. The maximum atomic E-state index is 6.15. The molecule has 0 saturated carbocycles. The lowest BCUT2D eigenvalue weighted by atomic mass is 9.98. The first-order valence-corrected chi connectivity index (χ1v) is 7.30. The van der Waals surface area contributed by atoms with Gasteiger partial charge in [0.15, 0.2) is 0 Å². The molecule has 2 N–H and O–H groups in total. The molecule has 1 unspecified atom stereocenters. The van der Waals surface area contributed by atoms with Gasteiger partial charge in [-0.3, -0.25) is 0 Å². The molecule has 100 valence electrons. The standard InChI is InChI=1S/C15H23ClN2/c1-3-12-5-4-7-18(8-6-12)15-10-13(16)14(17)9-11(15)2/h9-10,12H,3-8,17H2,1-2H3. The van der Waals surface area contributed by atoms with Crippen LogP contribution >= 0.6 is 11.6 Å². The van der Waals surface area contributed by atoms with Gasteiger partial charge < -0.3 is 10.6 Å². The number of halogens is 1. The van der Waals surface area contributed by atoms with Crippen molar-refractivity contribution >= 4 is 23.0 Å². The Morgan fingerprint density at radius 3 is 2.83 bits per heavy atom. The molecule has 1 fully saturated rings. The Labute approximate surface area is 115 Å². The zero-order chi connectivity index (χ0) is 13.1. The SMILES string of the molecule is CCC1CCCN(c2cc(Cl)c(N)cc2C)CC1.